The maximum absolute atomic E-state index is 12.9. The Morgan fingerprint density at radius 3 is 2.29 bits per heavy atom. The van der Waals surface area contributed by atoms with Crippen molar-refractivity contribution in [3.63, 3.8) is 0 Å². The number of halogens is 3. The van der Waals surface area contributed by atoms with Gasteiger partial charge in [0.2, 0.25) is 5.91 Å². The molecule has 3 nitrogen and oxygen atoms in total. The third-order valence-electron chi connectivity index (χ3n) is 3.63. The monoisotopic (exact) mass is 268 g/mol. The standard InChI is InChI=1S/C11H18F2N2O.ClH/c12-11(13)3-5-15(6-4-11)10(16)8-1-2-9(14)7-8;/h8-9H,1-7,14H2;1H/t8-,9+;/m1./s1. The van der Waals surface area contributed by atoms with Gasteiger partial charge in [-0.15, -0.1) is 12.4 Å². The van der Waals surface area contributed by atoms with Crippen molar-refractivity contribution in [2.75, 3.05) is 13.1 Å². The van der Waals surface area contributed by atoms with Crippen molar-refractivity contribution in [1.82, 2.24) is 4.90 Å². The number of piperidine rings is 1. The van der Waals surface area contributed by atoms with Crippen molar-refractivity contribution in [2.24, 2.45) is 11.7 Å². The number of hydrogen-bond donors (Lipinski definition) is 1. The van der Waals surface area contributed by atoms with Gasteiger partial charge in [-0.1, -0.05) is 0 Å². The van der Waals surface area contributed by atoms with Gasteiger partial charge in [0.15, 0.2) is 0 Å². The minimum atomic E-state index is -2.58. The smallest absolute Gasteiger partial charge is 0.251 e. The molecule has 1 amide bonds. The molecule has 0 aromatic rings. The summed E-state index contributed by atoms with van der Waals surface area (Å²) in [6.45, 7) is 0.384. The highest BCUT2D eigenvalue weighted by Crippen LogP contribution is 2.31. The van der Waals surface area contributed by atoms with Gasteiger partial charge in [0, 0.05) is 37.9 Å². The molecule has 2 N–H and O–H groups in total. The Hall–Kier alpha value is -0.420. The van der Waals surface area contributed by atoms with Gasteiger partial charge in [0.25, 0.3) is 5.92 Å². The molecule has 1 aliphatic carbocycles. The van der Waals surface area contributed by atoms with Crippen LogP contribution in [0, 0.1) is 5.92 Å². The molecule has 2 aliphatic rings. The second-order valence-corrected chi connectivity index (χ2v) is 4.95. The van der Waals surface area contributed by atoms with Gasteiger partial charge in [0.1, 0.15) is 0 Å². The Kier molecular flexibility index (Phi) is 4.72. The molecular formula is C11H19ClF2N2O. The highest BCUT2D eigenvalue weighted by molar-refractivity contribution is 5.85. The van der Waals surface area contributed by atoms with E-state index in [1.807, 2.05) is 0 Å². The molecule has 0 unspecified atom stereocenters. The fraction of sp³-hybridized carbons (Fsp3) is 0.909. The van der Waals surface area contributed by atoms with Crippen LogP contribution in [0.3, 0.4) is 0 Å². The molecule has 2 fully saturated rings. The van der Waals surface area contributed by atoms with Gasteiger partial charge in [-0.3, -0.25) is 4.79 Å². The number of amides is 1. The minimum absolute atomic E-state index is 0. The lowest BCUT2D eigenvalue weighted by Crippen LogP contribution is -2.45. The van der Waals surface area contributed by atoms with Crippen LogP contribution in [-0.4, -0.2) is 35.9 Å². The van der Waals surface area contributed by atoms with E-state index in [-0.39, 0.29) is 56.2 Å². The van der Waals surface area contributed by atoms with E-state index in [0.717, 1.165) is 12.8 Å². The van der Waals surface area contributed by atoms with E-state index in [1.165, 1.54) is 0 Å². The van der Waals surface area contributed by atoms with Crippen LogP contribution in [-0.2, 0) is 4.79 Å². The molecule has 1 aliphatic heterocycles. The van der Waals surface area contributed by atoms with Gasteiger partial charge in [-0.05, 0) is 19.3 Å². The molecule has 0 bridgehead atoms. The van der Waals surface area contributed by atoms with E-state index in [1.54, 1.807) is 4.90 Å². The normalized spacial score (nSPS) is 32.1. The predicted octanol–water partition coefficient (Wildman–Crippen LogP) is 1.79. The summed E-state index contributed by atoms with van der Waals surface area (Å²) in [5.74, 6) is -2.58. The summed E-state index contributed by atoms with van der Waals surface area (Å²) in [4.78, 5) is 13.6. The van der Waals surface area contributed by atoms with Crippen molar-refractivity contribution in [3.8, 4) is 0 Å². The van der Waals surface area contributed by atoms with Gasteiger partial charge >= 0.3 is 0 Å². The maximum atomic E-state index is 12.9. The summed E-state index contributed by atoms with van der Waals surface area (Å²) in [6, 6.07) is 0.111. The summed E-state index contributed by atoms with van der Waals surface area (Å²) in [5, 5.41) is 0. The number of rotatable bonds is 1. The number of hydrogen-bond acceptors (Lipinski definition) is 2. The first-order valence-electron chi connectivity index (χ1n) is 5.90. The molecule has 0 aromatic heterocycles. The van der Waals surface area contributed by atoms with Crippen LogP contribution in [0.2, 0.25) is 0 Å². The first-order chi connectivity index (χ1) is 7.48. The van der Waals surface area contributed by atoms with Crippen LogP contribution < -0.4 is 5.73 Å². The molecule has 1 saturated carbocycles. The molecule has 0 radical (unpaired) electrons. The molecule has 6 heteroatoms. The molecule has 2 atom stereocenters. The summed E-state index contributed by atoms with van der Waals surface area (Å²) in [5.41, 5.74) is 5.74. The second-order valence-electron chi connectivity index (χ2n) is 4.95. The maximum Gasteiger partial charge on any atom is 0.251 e. The van der Waals surface area contributed by atoms with E-state index in [0.29, 0.717) is 6.42 Å². The van der Waals surface area contributed by atoms with E-state index in [2.05, 4.69) is 0 Å². The van der Waals surface area contributed by atoms with E-state index in [9.17, 15) is 13.6 Å². The summed E-state index contributed by atoms with van der Waals surface area (Å²) < 4.78 is 25.8. The molecule has 2 rings (SSSR count). The number of nitrogens with zero attached hydrogens (tertiary/aromatic N) is 1. The quantitative estimate of drug-likeness (QED) is 0.788. The van der Waals surface area contributed by atoms with Gasteiger partial charge in [-0.25, -0.2) is 8.78 Å². The Labute approximate surface area is 106 Å². The Balaban J connectivity index is 0.00000144. The highest BCUT2D eigenvalue weighted by Gasteiger charge is 2.38. The molecule has 1 saturated heterocycles. The predicted molar refractivity (Wildman–Crippen MR) is 63.3 cm³/mol. The SMILES string of the molecule is Cl.N[C@H]1CC[C@@H](C(=O)N2CCC(F)(F)CC2)C1. The molecule has 1 heterocycles. The highest BCUT2D eigenvalue weighted by atomic mass is 35.5. The van der Waals surface area contributed by atoms with E-state index < -0.39 is 5.92 Å². The zero-order valence-corrected chi connectivity index (χ0v) is 10.5. The Morgan fingerprint density at radius 2 is 1.82 bits per heavy atom. The molecule has 100 valence electrons. The number of carbonyl (C=O) groups is 1. The number of carbonyl (C=O) groups excluding carboxylic acids is 1. The lowest BCUT2D eigenvalue weighted by atomic mass is 10.0. The van der Waals surface area contributed by atoms with Crippen molar-refractivity contribution in [2.45, 2.75) is 44.1 Å². The first-order valence-corrected chi connectivity index (χ1v) is 5.90. The molecule has 0 spiro atoms. The summed E-state index contributed by atoms with van der Waals surface area (Å²) in [6.07, 6.45) is 2.01. The Morgan fingerprint density at radius 1 is 1.24 bits per heavy atom. The largest absolute Gasteiger partial charge is 0.342 e. The Bertz CT molecular complexity index is 279. The van der Waals surface area contributed by atoms with Gasteiger partial charge < -0.3 is 10.6 Å². The average molecular weight is 269 g/mol. The second kappa shape index (κ2) is 5.48. The molecule has 0 aromatic carbocycles. The number of likely N-dealkylation sites (tertiary alicyclic amines) is 1. The topological polar surface area (TPSA) is 46.3 Å². The van der Waals surface area contributed by atoms with Crippen molar-refractivity contribution in [3.05, 3.63) is 0 Å². The number of alkyl halides is 2. The minimum Gasteiger partial charge on any atom is -0.342 e. The van der Waals surface area contributed by atoms with Crippen LogP contribution >= 0.6 is 12.4 Å². The first kappa shape index (κ1) is 14.6. The lowest BCUT2D eigenvalue weighted by Gasteiger charge is -2.33. The van der Waals surface area contributed by atoms with Gasteiger partial charge in [0.05, 0.1) is 0 Å². The van der Waals surface area contributed by atoms with Crippen LogP contribution in [0.25, 0.3) is 0 Å². The zero-order valence-electron chi connectivity index (χ0n) is 9.70. The van der Waals surface area contributed by atoms with Crippen LogP contribution in [0.1, 0.15) is 32.1 Å². The van der Waals surface area contributed by atoms with Crippen LogP contribution in [0.15, 0.2) is 0 Å². The summed E-state index contributed by atoms with van der Waals surface area (Å²) in [7, 11) is 0. The van der Waals surface area contributed by atoms with Crippen LogP contribution in [0.4, 0.5) is 8.78 Å². The van der Waals surface area contributed by atoms with Crippen molar-refractivity contribution in [1.29, 1.82) is 0 Å². The average Bonchev–Trinajstić information content (AvgIpc) is 2.64. The van der Waals surface area contributed by atoms with Gasteiger partial charge in [-0.2, -0.15) is 0 Å². The van der Waals surface area contributed by atoms with Crippen molar-refractivity contribution >= 4 is 18.3 Å². The van der Waals surface area contributed by atoms with Crippen molar-refractivity contribution < 1.29 is 13.6 Å². The molecular weight excluding hydrogens is 250 g/mol. The fourth-order valence-corrected chi connectivity index (χ4v) is 2.55. The molecule has 17 heavy (non-hydrogen) atoms. The third kappa shape index (κ3) is 3.52. The zero-order chi connectivity index (χ0) is 11.8. The van der Waals surface area contributed by atoms with E-state index in [4.69, 9.17) is 5.73 Å². The summed E-state index contributed by atoms with van der Waals surface area (Å²) >= 11 is 0. The number of nitrogens with two attached hydrogens (primary N) is 1. The van der Waals surface area contributed by atoms with Crippen LogP contribution in [0.5, 0.6) is 0 Å². The third-order valence-corrected chi connectivity index (χ3v) is 3.63. The fourth-order valence-electron chi connectivity index (χ4n) is 2.55. The van der Waals surface area contributed by atoms with E-state index >= 15 is 0 Å². The lowest BCUT2D eigenvalue weighted by molar-refractivity contribution is -0.141.